The molecular formula is C23H31FN2O5. The lowest BCUT2D eigenvalue weighted by molar-refractivity contribution is 0.00903. The topological polar surface area (TPSA) is 63.6 Å². The minimum absolute atomic E-state index is 0.198. The van der Waals surface area contributed by atoms with Crippen LogP contribution in [-0.4, -0.2) is 76.8 Å². The van der Waals surface area contributed by atoms with Gasteiger partial charge in [0.2, 0.25) is 5.75 Å². The number of hydrogen-bond acceptors (Lipinski definition) is 7. The van der Waals surface area contributed by atoms with Crippen LogP contribution >= 0.6 is 0 Å². The van der Waals surface area contributed by atoms with Crippen LogP contribution in [0.5, 0.6) is 17.2 Å². The molecule has 1 aliphatic heterocycles. The van der Waals surface area contributed by atoms with Crippen molar-refractivity contribution in [3.05, 3.63) is 47.8 Å². The van der Waals surface area contributed by atoms with Crippen molar-refractivity contribution < 1.29 is 28.4 Å². The SMILES string of the molecule is COc1cc(COCC(O)CN2CCN(c3ccccc3F)CC2)cc(OC)c1OC. The van der Waals surface area contributed by atoms with Crippen molar-refractivity contribution >= 4 is 5.69 Å². The predicted octanol–water partition coefficient (Wildman–Crippen LogP) is 2.55. The van der Waals surface area contributed by atoms with E-state index in [2.05, 4.69) is 4.90 Å². The zero-order chi connectivity index (χ0) is 22.2. The van der Waals surface area contributed by atoms with Crippen molar-refractivity contribution in [1.82, 2.24) is 4.90 Å². The predicted molar refractivity (Wildman–Crippen MR) is 117 cm³/mol. The van der Waals surface area contributed by atoms with E-state index in [1.165, 1.54) is 6.07 Å². The molecule has 1 fully saturated rings. The zero-order valence-corrected chi connectivity index (χ0v) is 18.3. The van der Waals surface area contributed by atoms with Crippen molar-refractivity contribution in [3.8, 4) is 17.2 Å². The third-order valence-electron chi connectivity index (χ3n) is 5.34. The van der Waals surface area contributed by atoms with E-state index >= 15 is 0 Å². The lowest BCUT2D eigenvalue weighted by Crippen LogP contribution is -2.49. The van der Waals surface area contributed by atoms with Gasteiger partial charge in [-0.25, -0.2) is 4.39 Å². The van der Waals surface area contributed by atoms with E-state index in [4.69, 9.17) is 18.9 Å². The summed E-state index contributed by atoms with van der Waals surface area (Å²) in [5, 5.41) is 10.4. The molecule has 8 heteroatoms. The standard InChI is InChI=1S/C23H31FN2O5/c1-28-21-12-17(13-22(29-2)23(21)30-3)15-31-16-18(27)14-25-8-10-26(11-9-25)20-7-5-4-6-19(20)24/h4-7,12-13,18,27H,8-11,14-16H2,1-3H3. The zero-order valence-electron chi connectivity index (χ0n) is 18.3. The second-order valence-electron chi connectivity index (χ2n) is 7.44. The summed E-state index contributed by atoms with van der Waals surface area (Å²) < 4.78 is 35.7. The fourth-order valence-electron chi connectivity index (χ4n) is 3.76. The smallest absolute Gasteiger partial charge is 0.203 e. The monoisotopic (exact) mass is 434 g/mol. The fourth-order valence-corrected chi connectivity index (χ4v) is 3.76. The van der Waals surface area contributed by atoms with Gasteiger partial charge < -0.3 is 29.0 Å². The lowest BCUT2D eigenvalue weighted by atomic mass is 10.2. The highest BCUT2D eigenvalue weighted by Crippen LogP contribution is 2.38. The van der Waals surface area contributed by atoms with Crippen LogP contribution in [0.1, 0.15) is 5.56 Å². The van der Waals surface area contributed by atoms with Gasteiger partial charge in [0.1, 0.15) is 5.82 Å². The maximum absolute atomic E-state index is 14.0. The fraction of sp³-hybridized carbons (Fsp3) is 0.478. The molecule has 1 N–H and O–H groups in total. The summed E-state index contributed by atoms with van der Waals surface area (Å²) >= 11 is 0. The highest BCUT2D eigenvalue weighted by Gasteiger charge is 2.21. The van der Waals surface area contributed by atoms with E-state index < -0.39 is 6.10 Å². The average molecular weight is 435 g/mol. The van der Waals surface area contributed by atoms with E-state index in [0.29, 0.717) is 36.1 Å². The molecule has 7 nitrogen and oxygen atoms in total. The molecule has 1 heterocycles. The molecule has 1 unspecified atom stereocenters. The third kappa shape index (κ3) is 6.00. The van der Waals surface area contributed by atoms with Gasteiger partial charge in [-0.1, -0.05) is 12.1 Å². The number of nitrogens with zero attached hydrogens (tertiary/aromatic N) is 2. The molecule has 3 rings (SSSR count). The molecule has 2 aromatic carbocycles. The Kier molecular flexibility index (Phi) is 8.34. The van der Waals surface area contributed by atoms with Crippen molar-refractivity contribution in [1.29, 1.82) is 0 Å². The van der Waals surface area contributed by atoms with Gasteiger partial charge >= 0.3 is 0 Å². The summed E-state index contributed by atoms with van der Waals surface area (Å²) in [4.78, 5) is 4.21. The molecule has 0 bridgehead atoms. The Morgan fingerprint density at radius 1 is 0.968 bits per heavy atom. The Bertz CT molecular complexity index is 817. The number of rotatable bonds is 10. The van der Waals surface area contributed by atoms with Crippen LogP contribution < -0.4 is 19.1 Å². The van der Waals surface area contributed by atoms with E-state index in [1.807, 2.05) is 23.1 Å². The molecule has 0 saturated carbocycles. The number of halogens is 1. The van der Waals surface area contributed by atoms with Crippen molar-refractivity contribution in [3.63, 3.8) is 0 Å². The van der Waals surface area contributed by atoms with Crippen molar-refractivity contribution in [2.45, 2.75) is 12.7 Å². The average Bonchev–Trinajstić information content (AvgIpc) is 2.79. The first kappa shape index (κ1) is 23.1. The molecule has 170 valence electrons. The molecule has 0 radical (unpaired) electrons. The van der Waals surface area contributed by atoms with Gasteiger partial charge in [0, 0.05) is 32.7 Å². The Balaban J connectivity index is 1.44. The second-order valence-corrected chi connectivity index (χ2v) is 7.44. The van der Waals surface area contributed by atoms with Crippen LogP contribution in [0.25, 0.3) is 0 Å². The summed E-state index contributed by atoms with van der Waals surface area (Å²) in [5.74, 6) is 1.46. The number of methoxy groups -OCH3 is 3. The summed E-state index contributed by atoms with van der Waals surface area (Å²) in [6.45, 7) is 4.01. The largest absolute Gasteiger partial charge is 0.493 e. The Morgan fingerprint density at radius 2 is 1.61 bits per heavy atom. The number of piperazine rings is 1. The molecule has 2 aromatic rings. The van der Waals surface area contributed by atoms with Gasteiger partial charge in [0.05, 0.1) is 46.3 Å². The molecule has 0 amide bonds. The number of ether oxygens (including phenoxy) is 4. The Hall–Kier alpha value is -2.55. The molecule has 0 spiro atoms. The molecule has 1 saturated heterocycles. The highest BCUT2D eigenvalue weighted by atomic mass is 19.1. The first-order chi connectivity index (χ1) is 15.0. The maximum Gasteiger partial charge on any atom is 0.203 e. The van der Waals surface area contributed by atoms with E-state index in [9.17, 15) is 9.50 Å². The van der Waals surface area contributed by atoms with Crippen molar-refractivity contribution in [2.75, 3.05) is 65.6 Å². The highest BCUT2D eigenvalue weighted by molar-refractivity contribution is 5.53. The Labute approximate surface area is 182 Å². The van der Waals surface area contributed by atoms with Crippen LogP contribution in [0.3, 0.4) is 0 Å². The van der Waals surface area contributed by atoms with Gasteiger partial charge in [-0.15, -0.1) is 0 Å². The van der Waals surface area contributed by atoms with Crippen LogP contribution in [0, 0.1) is 5.82 Å². The minimum Gasteiger partial charge on any atom is -0.493 e. The van der Waals surface area contributed by atoms with Crippen molar-refractivity contribution in [2.24, 2.45) is 0 Å². The first-order valence-electron chi connectivity index (χ1n) is 10.3. The Morgan fingerprint density at radius 3 is 2.19 bits per heavy atom. The number of anilines is 1. The molecule has 1 aliphatic rings. The van der Waals surface area contributed by atoms with Gasteiger partial charge in [-0.05, 0) is 29.8 Å². The van der Waals surface area contributed by atoms with Gasteiger partial charge in [0.15, 0.2) is 11.5 Å². The maximum atomic E-state index is 14.0. The number of β-amino-alcohol motifs (C(OH)–C–C–N with tert-alkyl or cyclic N) is 1. The molecule has 1 atom stereocenters. The summed E-state index contributed by atoms with van der Waals surface area (Å²) in [7, 11) is 4.69. The quantitative estimate of drug-likeness (QED) is 0.617. The number of benzene rings is 2. The van der Waals surface area contributed by atoms with E-state index in [-0.39, 0.29) is 12.4 Å². The molecule has 0 aliphatic carbocycles. The summed E-state index contributed by atoms with van der Waals surface area (Å²) in [6.07, 6.45) is -0.609. The summed E-state index contributed by atoms with van der Waals surface area (Å²) in [6, 6.07) is 10.5. The van der Waals surface area contributed by atoms with Gasteiger partial charge in [-0.3, -0.25) is 4.90 Å². The number of aliphatic hydroxyl groups excluding tert-OH is 1. The van der Waals surface area contributed by atoms with Crippen LogP contribution in [0.4, 0.5) is 10.1 Å². The van der Waals surface area contributed by atoms with E-state index in [0.717, 1.165) is 31.7 Å². The molecule has 0 aromatic heterocycles. The second kappa shape index (κ2) is 11.2. The number of hydrogen-bond donors (Lipinski definition) is 1. The van der Waals surface area contributed by atoms with E-state index in [1.54, 1.807) is 33.5 Å². The summed E-state index contributed by atoms with van der Waals surface area (Å²) in [5.41, 5.74) is 1.50. The van der Waals surface area contributed by atoms with Crippen LogP contribution in [0.15, 0.2) is 36.4 Å². The van der Waals surface area contributed by atoms with Gasteiger partial charge in [0.25, 0.3) is 0 Å². The third-order valence-corrected chi connectivity index (χ3v) is 5.34. The van der Waals surface area contributed by atoms with Crippen LogP contribution in [0.2, 0.25) is 0 Å². The number of para-hydroxylation sites is 1. The molecule has 31 heavy (non-hydrogen) atoms. The first-order valence-corrected chi connectivity index (χ1v) is 10.3. The van der Waals surface area contributed by atoms with Crippen LogP contribution in [-0.2, 0) is 11.3 Å². The lowest BCUT2D eigenvalue weighted by Gasteiger charge is -2.37. The van der Waals surface area contributed by atoms with Gasteiger partial charge in [-0.2, -0.15) is 0 Å². The minimum atomic E-state index is -0.609. The normalized spacial score (nSPS) is 15.6. The number of aliphatic hydroxyl groups is 1. The molecular weight excluding hydrogens is 403 g/mol.